The molecule has 2 bridgehead atoms. The second-order valence-electron chi connectivity index (χ2n) is 5.70. The molecule has 2 fully saturated rings. The van der Waals surface area contributed by atoms with Gasteiger partial charge in [0.25, 0.3) is 0 Å². The van der Waals surface area contributed by atoms with Crippen molar-refractivity contribution in [3.63, 3.8) is 0 Å². The van der Waals surface area contributed by atoms with Crippen molar-refractivity contribution in [3.8, 4) is 0 Å². The maximum absolute atomic E-state index is 6.13. The molecule has 3 rings (SSSR count). The second-order valence-corrected chi connectivity index (χ2v) is 6.52. The van der Waals surface area contributed by atoms with Gasteiger partial charge in [-0.3, -0.25) is 0 Å². The highest BCUT2D eigenvalue weighted by Crippen LogP contribution is 2.44. The van der Waals surface area contributed by atoms with E-state index in [1.807, 2.05) is 24.3 Å². The molecule has 0 aliphatic heterocycles. The van der Waals surface area contributed by atoms with E-state index in [1.165, 1.54) is 25.7 Å². The minimum atomic E-state index is 0.588. The summed E-state index contributed by atoms with van der Waals surface area (Å²) in [7, 11) is 0. The van der Waals surface area contributed by atoms with E-state index < -0.39 is 0 Å². The van der Waals surface area contributed by atoms with E-state index in [9.17, 15) is 0 Å². The van der Waals surface area contributed by atoms with Crippen LogP contribution in [0.1, 0.15) is 31.2 Å². The van der Waals surface area contributed by atoms with Crippen LogP contribution in [0.3, 0.4) is 0 Å². The van der Waals surface area contributed by atoms with Crippen LogP contribution < -0.4 is 10.6 Å². The van der Waals surface area contributed by atoms with Crippen LogP contribution in [0.4, 0.5) is 0 Å². The summed E-state index contributed by atoms with van der Waals surface area (Å²) in [6.45, 7) is 0.687. The average Bonchev–Trinajstić information content (AvgIpc) is 3.00. The Morgan fingerprint density at radius 3 is 2.79 bits per heavy atom. The molecule has 102 valence electrons. The van der Waals surface area contributed by atoms with Gasteiger partial charge in [0.1, 0.15) is 0 Å². The first-order valence-corrected chi connectivity index (χ1v) is 7.79. The quantitative estimate of drug-likeness (QED) is 0.835. The Labute approximate surface area is 124 Å². The van der Waals surface area contributed by atoms with Gasteiger partial charge in [-0.15, -0.1) is 0 Å². The van der Waals surface area contributed by atoms with Gasteiger partial charge >= 0.3 is 0 Å². The van der Waals surface area contributed by atoms with Gasteiger partial charge in [0.15, 0.2) is 5.11 Å². The third-order valence-corrected chi connectivity index (χ3v) is 5.08. The topological polar surface area (TPSA) is 24.1 Å². The summed E-state index contributed by atoms with van der Waals surface area (Å²) in [5.41, 5.74) is 1.08. The molecule has 2 nitrogen and oxygen atoms in total. The van der Waals surface area contributed by atoms with Gasteiger partial charge in [0.2, 0.25) is 0 Å². The number of halogens is 1. The number of hydrogen-bond acceptors (Lipinski definition) is 1. The number of rotatable bonds is 3. The van der Waals surface area contributed by atoms with Gasteiger partial charge < -0.3 is 10.6 Å². The third kappa shape index (κ3) is 3.03. The minimum Gasteiger partial charge on any atom is -0.360 e. The Kier molecular flexibility index (Phi) is 3.94. The number of benzene rings is 1. The highest BCUT2D eigenvalue weighted by molar-refractivity contribution is 7.80. The fourth-order valence-corrected chi connectivity index (χ4v) is 3.88. The smallest absolute Gasteiger partial charge is 0.166 e. The van der Waals surface area contributed by atoms with Crippen LogP contribution in [0, 0.1) is 11.8 Å². The minimum absolute atomic E-state index is 0.588. The molecule has 2 aliphatic rings. The monoisotopic (exact) mass is 294 g/mol. The van der Waals surface area contributed by atoms with Gasteiger partial charge in [0.05, 0.1) is 0 Å². The van der Waals surface area contributed by atoms with E-state index in [-0.39, 0.29) is 0 Å². The molecule has 3 atom stereocenters. The van der Waals surface area contributed by atoms with Crippen molar-refractivity contribution in [1.82, 2.24) is 10.6 Å². The first kappa shape index (κ1) is 13.2. The lowest BCUT2D eigenvalue weighted by Gasteiger charge is -2.24. The molecule has 1 aromatic rings. The van der Waals surface area contributed by atoms with Crippen LogP contribution in [-0.2, 0) is 6.54 Å². The van der Waals surface area contributed by atoms with Crippen molar-refractivity contribution in [2.45, 2.75) is 38.3 Å². The van der Waals surface area contributed by atoms with Crippen molar-refractivity contribution >= 4 is 28.9 Å². The van der Waals surface area contributed by atoms with E-state index in [0.717, 1.165) is 27.5 Å². The van der Waals surface area contributed by atoms with Crippen LogP contribution >= 0.6 is 23.8 Å². The highest BCUT2D eigenvalue weighted by Gasteiger charge is 2.39. The van der Waals surface area contributed by atoms with E-state index in [2.05, 4.69) is 10.6 Å². The molecule has 2 N–H and O–H groups in total. The van der Waals surface area contributed by atoms with Crippen LogP contribution in [0.2, 0.25) is 5.02 Å². The summed E-state index contributed by atoms with van der Waals surface area (Å²) in [6, 6.07) is 8.46. The molecule has 0 heterocycles. The lowest BCUT2D eigenvalue weighted by atomic mass is 9.96. The van der Waals surface area contributed by atoms with Crippen molar-refractivity contribution in [1.29, 1.82) is 0 Å². The summed E-state index contributed by atoms with van der Waals surface area (Å²) in [5.74, 6) is 1.78. The first-order chi connectivity index (χ1) is 9.22. The van der Waals surface area contributed by atoms with Crippen LogP contribution in [0.25, 0.3) is 0 Å². The Balaban J connectivity index is 1.48. The zero-order chi connectivity index (χ0) is 13.2. The zero-order valence-electron chi connectivity index (χ0n) is 10.9. The summed E-state index contributed by atoms with van der Waals surface area (Å²) in [5, 5.41) is 8.29. The van der Waals surface area contributed by atoms with E-state index in [4.69, 9.17) is 23.8 Å². The molecule has 0 radical (unpaired) electrons. The predicted molar refractivity (Wildman–Crippen MR) is 83.3 cm³/mol. The molecular formula is C15H19ClN2S. The van der Waals surface area contributed by atoms with E-state index >= 15 is 0 Å². The van der Waals surface area contributed by atoms with Gasteiger partial charge in [-0.25, -0.2) is 0 Å². The number of fused-ring (bicyclic) bond motifs is 2. The average molecular weight is 295 g/mol. The van der Waals surface area contributed by atoms with Gasteiger partial charge in [-0.1, -0.05) is 36.2 Å². The van der Waals surface area contributed by atoms with Gasteiger partial charge in [-0.2, -0.15) is 0 Å². The molecule has 0 spiro atoms. The predicted octanol–water partition coefficient (Wildman–Crippen LogP) is 3.49. The Morgan fingerprint density at radius 1 is 1.26 bits per heavy atom. The molecule has 0 saturated heterocycles. The first-order valence-electron chi connectivity index (χ1n) is 7.00. The summed E-state index contributed by atoms with van der Waals surface area (Å²) >= 11 is 11.5. The Morgan fingerprint density at radius 2 is 2.11 bits per heavy atom. The molecule has 0 amide bonds. The molecule has 1 aromatic carbocycles. The molecule has 2 saturated carbocycles. The highest BCUT2D eigenvalue weighted by atomic mass is 35.5. The summed E-state index contributed by atoms with van der Waals surface area (Å²) in [4.78, 5) is 0. The SMILES string of the molecule is S=C(NCc1ccccc1Cl)NC1CC2CCC1C2. The Hall–Kier alpha value is -0.800. The maximum Gasteiger partial charge on any atom is 0.166 e. The lowest BCUT2D eigenvalue weighted by molar-refractivity contribution is 0.389. The zero-order valence-corrected chi connectivity index (χ0v) is 12.4. The van der Waals surface area contributed by atoms with Crippen molar-refractivity contribution in [3.05, 3.63) is 34.9 Å². The molecule has 3 unspecified atom stereocenters. The van der Waals surface area contributed by atoms with Gasteiger partial charge in [-0.05, 0) is 54.9 Å². The molecular weight excluding hydrogens is 276 g/mol. The standard InChI is InChI=1S/C15H19ClN2S/c16-13-4-2-1-3-12(13)9-17-15(19)18-14-8-10-5-6-11(14)7-10/h1-4,10-11,14H,5-9H2,(H2,17,18,19). The maximum atomic E-state index is 6.13. The molecule has 4 heteroatoms. The number of thiocarbonyl (C=S) groups is 1. The van der Waals surface area contributed by atoms with Crippen molar-refractivity contribution in [2.24, 2.45) is 11.8 Å². The van der Waals surface area contributed by atoms with E-state index in [1.54, 1.807) is 0 Å². The number of hydrogen-bond donors (Lipinski definition) is 2. The third-order valence-electron chi connectivity index (χ3n) is 4.45. The second kappa shape index (κ2) is 5.68. The number of nitrogens with one attached hydrogen (secondary N) is 2. The van der Waals surface area contributed by atoms with Crippen molar-refractivity contribution in [2.75, 3.05) is 0 Å². The van der Waals surface area contributed by atoms with Crippen LogP contribution in [0.15, 0.2) is 24.3 Å². The summed E-state index contributed by atoms with van der Waals surface area (Å²) in [6.07, 6.45) is 5.47. The molecule has 19 heavy (non-hydrogen) atoms. The van der Waals surface area contributed by atoms with Crippen molar-refractivity contribution < 1.29 is 0 Å². The largest absolute Gasteiger partial charge is 0.360 e. The summed E-state index contributed by atoms with van der Waals surface area (Å²) < 4.78 is 0. The molecule has 2 aliphatic carbocycles. The van der Waals surface area contributed by atoms with Crippen LogP contribution in [0.5, 0.6) is 0 Å². The van der Waals surface area contributed by atoms with E-state index in [0.29, 0.717) is 12.6 Å². The fraction of sp³-hybridized carbons (Fsp3) is 0.533. The normalized spacial score (nSPS) is 28.4. The lowest BCUT2D eigenvalue weighted by Crippen LogP contribution is -2.43. The Bertz CT molecular complexity index is 477. The molecule has 0 aromatic heterocycles. The van der Waals surface area contributed by atoms with Crippen LogP contribution in [-0.4, -0.2) is 11.2 Å². The van der Waals surface area contributed by atoms with Gasteiger partial charge in [0, 0.05) is 17.6 Å². The fourth-order valence-electron chi connectivity index (χ4n) is 3.46.